The number of carbonyl (C=O) groups excluding carboxylic acids is 2. The van der Waals surface area contributed by atoms with Gasteiger partial charge in [-0.15, -0.1) is 0 Å². The predicted octanol–water partition coefficient (Wildman–Crippen LogP) is 5.45. The Labute approximate surface area is 225 Å². The molecule has 2 fully saturated rings. The maximum atomic E-state index is 15.1. The lowest BCUT2D eigenvalue weighted by Gasteiger charge is -2.51. The SMILES string of the molecule is Cc1ccc(CC(=O)NC2CCCC23CN(C(=O)c2cccc(C(F)c4cccc(F)c4)c2)C3)cc1[N+](=O)[O-]. The average Bonchev–Trinajstić information content (AvgIpc) is 3.31. The number of benzene rings is 3. The van der Waals surface area contributed by atoms with E-state index in [0.29, 0.717) is 29.8 Å². The molecule has 39 heavy (non-hydrogen) atoms. The second kappa shape index (κ2) is 10.6. The summed E-state index contributed by atoms with van der Waals surface area (Å²) in [5, 5.41) is 14.3. The van der Waals surface area contributed by atoms with Gasteiger partial charge in [-0.05, 0) is 60.7 Å². The standard InChI is InChI=1S/C30H29F2N3O4/c1-19-10-11-20(13-25(19)35(38)39)14-27(36)33-26-9-4-12-30(26)17-34(18-30)29(37)23-7-2-5-21(15-23)28(32)22-6-3-8-24(31)16-22/h2-3,5-8,10-11,13,15-16,26,28H,4,9,12,14,17-18H2,1H3,(H,33,36). The number of nitro groups is 1. The number of aryl methyl sites for hydroxylation is 1. The van der Waals surface area contributed by atoms with Crippen LogP contribution in [0.1, 0.15) is 58.0 Å². The van der Waals surface area contributed by atoms with Crippen LogP contribution in [0.4, 0.5) is 14.5 Å². The zero-order valence-electron chi connectivity index (χ0n) is 21.5. The first-order valence-electron chi connectivity index (χ1n) is 13.0. The predicted molar refractivity (Wildman–Crippen MR) is 141 cm³/mol. The minimum Gasteiger partial charge on any atom is -0.352 e. The zero-order chi connectivity index (χ0) is 27.7. The molecule has 1 N–H and O–H groups in total. The molecule has 7 nitrogen and oxygen atoms in total. The number of nitrogens with zero attached hydrogens (tertiary/aromatic N) is 2. The first-order chi connectivity index (χ1) is 18.6. The Balaban J connectivity index is 1.21. The van der Waals surface area contributed by atoms with E-state index in [1.807, 2.05) is 0 Å². The smallest absolute Gasteiger partial charge is 0.272 e. The lowest BCUT2D eigenvalue weighted by atomic mass is 9.74. The zero-order valence-corrected chi connectivity index (χ0v) is 21.5. The van der Waals surface area contributed by atoms with E-state index < -0.39 is 16.9 Å². The van der Waals surface area contributed by atoms with Gasteiger partial charge in [-0.2, -0.15) is 0 Å². The fraction of sp³-hybridized carbons (Fsp3) is 0.333. The first-order valence-corrected chi connectivity index (χ1v) is 13.0. The molecule has 3 aromatic rings. The molecule has 1 aliphatic heterocycles. The largest absolute Gasteiger partial charge is 0.352 e. The van der Waals surface area contributed by atoms with E-state index in [-0.39, 0.29) is 46.5 Å². The second-order valence-corrected chi connectivity index (χ2v) is 10.6. The van der Waals surface area contributed by atoms with Gasteiger partial charge in [0.2, 0.25) is 5.91 Å². The Hall–Kier alpha value is -4.14. The van der Waals surface area contributed by atoms with E-state index in [4.69, 9.17) is 0 Å². The lowest BCUT2D eigenvalue weighted by molar-refractivity contribution is -0.385. The molecule has 1 saturated carbocycles. The normalized spacial score (nSPS) is 18.4. The highest BCUT2D eigenvalue weighted by Gasteiger charge is 2.53. The molecule has 2 unspecified atom stereocenters. The summed E-state index contributed by atoms with van der Waals surface area (Å²) in [7, 11) is 0. The fourth-order valence-electron chi connectivity index (χ4n) is 5.86. The van der Waals surface area contributed by atoms with E-state index in [2.05, 4.69) is 5.32 Å². The van der Waals surface area contributed by atoms with Crippen LogP contribution in [0.3, 0.4) is 0 Å². The van der Waals surface area contributed by atoms with Crippen molar-refractivity contribution >= 4 is 17.5 Å². The molecular weight excluding hydrogens is 504 g/mol. The van der Waals surface area contributed by atoms with Crippen LogP contribution < -0.4 is 5.32 Å². The lowest BCUT2D eigenvalue weighted by Crippen LogP contribution is -2.64. The molecule has 0 bridgehead atoms. The summed E-state index contributed by atoms with van der Waals surface area (Å²) in [6.07, 6.45) is 1.09. The Morgan fingerprint density at radius 3 is 2.54 bits per heavy atom. The van der Waals surface area contributed by atoms with E-state index in [9.17, 15) is 24.1 Å². The van der Waals surface area contributed by atoms with Gasteiger partial charge in [-0.1, -0.05) is 42.8 Å². The van der Waals surface area contributed by atoms with Crippen LogP contribution in [0.15, 0.2) is 66.7 Å². The van der Waals surface area contributed by atoms with Gasteiger partial charge in [0.25, 0.3) is 11.6 Å². The van der Waals surface area contributed by atoms with Crippen molar-refractivity contribution in [2.45, 2.75) is 44.8 Å². The number of hydrogen-bond donors (Lipinski definition) is 1. The highest BCUT2D eigenvalue weighted by atomic mass is 19.1. The molecule has 1 aliphatic carbocycles. The van der Waals surface area contributed by atoms with Crippen molar-refractivity contribution < 1.29 is 23.3 Å². The summed E-state index contributed by atoms with van der Waals surface area (Å²) in [6.45, 7) is 2.63. The van der Waals surface area contributed by atoms with Crippen molar-refractivity contribution in [1.29, 1.82) is 0 Å². The van der Waals surface area contributed by atoms with Crippen LogP contribution >= 0.6 is 0 Å². The quantitative estimate of drug-likeness (QED) is 0.323. The fourth-order valence-corrected chi connectivity index (χ4v) is 5.86. The molecule has 2 amide bonds. The van der Waals surface area contributed by atoms with Gasteiger partial charge >= 0.3 is 0 Å². The molecule has 2 atom stereocenters. The molecule has 2 aliphatic rings. The van der Waals surface area contributed by atoms with Crippen LogP contribution in [0, 0.1) is 28.3 Å². The van der Waals surface area contributed by atoms with Crippen LogP contribution in [0.2, 0.25) is 0 Å². The van der Waals surface area contributed by atoms with Gasteiger partial charge in [0.15, 0.2) is 6.17 Å². The van der Waals surface area contributed by atoms with Gasteiger partial charge in [0.05, 0.1) is 11.3 Å². The topological polar surface area (TPSA) is 92.6 Å². The summed E-state index contributed by atoms with van der Waals surface area (Å²) in [5.74, 6) is -0.937. The van der Waals surface area contributed by atoms with Gasteiger partial charge in [-0.25, -0.2) is 8.78 Å². The van der Waals surface area contributed by atoms with Crippen LogP contribution in [-0.4, -0.2) is 40.8 Å². The van der Waals surface area contributed by atoms with E-state index in [0.717, 1.165) is 25.3 Å². The van der Waals surface area contributed by atoms with Crippen LogP contribution in [-0.2, 0) is 11.2 Å². The maximum Gasteiger partial charge on any atom is 0.272 e. The third-order valence-electron chi connectivity index (χ3n) is 7.94. The highest BCUT2D eigenvalue weighted by molar-refractivity contribution is 5.95. The number of likely N-dealkylation sites (tertiary alicyclic amines) is 1. The molecule has 0 aromatic heterocycles. The van der Waals surface area contributed by atoms with Crippen molar-refractivity contribution in [3.63, 3.8) is 0 Å². The van der Waals surface area contributed by atoms with Gasteiger partial charge in [0.1, 0.15) is 5.82 Å². The third-order valence-corrected chi connectivity index (χ3v) is 7.94. The van der Waals surface area contributed by atoms with Crippen molar-refractivity contribution in [3.05, 3.63) is 110 Å². The number of halogens is 2. The maximum absolute atomic E-state index is 15.1. The Bertz CT molecular complexity index is 1440. The molecule has 1 heterocycles. The summed E-state index contributed by atoms with van der Waals surface area (Å²) < 4.78 is 28.6. The number of hydrogen-bond acceptors (Lipinski definition) is 4. The first kappa shape index (κ1) is 26.5. The monoisotopic (exact) mass is 533 g/mol. The number of amides is 2. The van der Waals surface area contributed by atoms with Crippen molar-refractivity contribution in [2.24, 2.45) is 5.41 Å². The number of nitro benzene ring substituents is 1. The minimum atomic E-state index is -1.56. The van der Waals surface area contributed by atoms with E-state index >= 15 is 4.39 Å². The van der Waals surface area contributed by atoms with E-state index in [1.54, 1.807) is 42.2 Å². The highest BCUT2D eigenvalue weighted by Crippen LogP contribution is 2.46. The van der Waals surface area contributed by atoms with Crippen LogP contribution in [0.25, 0.3) is 0 Å². The molecule has 9 heteroatoms. The summed E-state index contributed by atoms with van der Waals surface area (Å²) in [5.41, 5.74) is 1.72. The summed E-state index contributed by atoms with van der Waals surface area (Å²) in [6, 6.07) is 16.4. The number of alkyl halides is 1. The Morgan fingerprint density at radius 1 is 1.10 bits per heavy atom. The Morgan fingerprint density at radius 2 is 1.82 bits per heavy atom. The van der Waals surface area contributed by atoms with E-state index in [1.165, 1.54) is 30.3 Å². The van der Waals surface area contributed by atoms with Gasteiger partial charge in [-0.3, -0.25) is 19.7 Å². The number of nitrogens with one attached hydrogen (secondary N) is 1. The minimum absolute atomic E-state index is 0.00938. The molecule has 202 valence electrons. The van der Waals surface area contributed by atoms with Crippen molar-refractivity contribution in [1.82, 2.24) is 10.2 Å². The van der Waals surface area contributed by atoms with Crippen LogP contribution in [0.5, 0.6) is 0 Å². The number of rotatable bonds is 7. The molecule has 1 saturated heterocycles. The summed E-state index contributed by atoms with van der Waals surface area (Å²) in [4.78, 5) is 38.5. The molecule has 0 radical (unpaired) electrons. The molecule has 1 spiro atoms. The molecular formula is C30H29F2N3O4. The van der Waals surface area contributed by atoms with Gasteiger partial charge in [0, 0.05) is 41.7 Å². The summed E-state index contributed by atoms with van der Waals surface area (Å²) >= 11 is 0. The Kier molecular flexibility index (Phi) is 7.16. The average molecular weight is 534 g/mol. The third kappa shape index (κ3) is 5.39. The van der Waals surface area contributed by atoms with Crippen molar-refractivity contribution in [3.8, 4) is 0 Å². The second-order valence-electron chi connectivity index (χ2n) is 10.6. The number of carbonyl (C=O) groups is 2. The molecule has 5 rings (SSSR count). The molecule has 3 aromatic carbocycles. The van der Waals surface area contributed by atoms with Crippen molar-refractivity contribution in [2.75, 3.05) is 13.1 Å². The van der Waals surface area contributed by atoms with Gasteiger partial charge < -0.3 is 10.2 Å².